The third-order valence-corrected chi connectivity index (χ3v) is 15.0. The van der Waals surface area contributed by atoms with E-state index in [2.05, 4.69) is 13.8 Å². The average Bonchev–Trinajstić information content (AvgIpc) is 3.11. The molecule has 0 bridgehead atoms. The average molecular weight is 559 g/mol. The van der Waals surface area contributed by atoms with E-state index in [1.807, 2.05) is 39.0 Å². The van der Waals surface area contributed by atoms with Crippen molar-refractivity contribution in [2.24, 2.45) is 16.7 Å². The van der Waals surface area contributed by atoms with Crippen molar-refractivity contribution in [3.05, 3.63) is 29.3 Å². The van der Waals surface area contributed by atoms with Gasteiger partial charge in [0.25, 0.3) is 0 Å². The number of aryl methyl sites for hydroxylation is 1. The number of thiol groups is 3. The van der Waals surface area contributed by atoms with Gasteiger partial charge in [-0.25, -0.2) is 0 Å². The monoisotopic (exact) mass is 558 g/mol. The minimum atomic E-state index is -0.717. The third-order valence-electron chi connectivity index (χ3n) is 11.8. The molecule has 1 aromatic rings. The van der Waals surface area contributed by atoms with Crippen LogP contribution in [0, 0.1) is 23.7 Å². The maximum atomic E-state index is 14.1. The Hall–Kier alpha value is -0.235. The molecule has 0 heterocycles. The standard InChI is InChI=1S/C30H43BO3S3/c1-6-34-22-17-20(8-7-19(22)2)23(32)21-9-10-28(31)25(21,4)12-15-29(36)26(5)13-11-24(3,33)18-27(26,35)14-16-30(28,29)37/h7-8,17,21,33,35-37H,6,9-16,18H2,1-5H3/t21?,24-,25?,26?,27?,28+,29+,30?/m1/s1. The van der Waals surface area contributed by atoms with E-state index in [1.165, 1.54) is 0 Å². The SMILES string of the molecule is [B][C@@]12CCC(C(=O)c3ccc(C)c(OCC)c3)C1(C)CC[C@]1(S)C3(C)CC[C@@](C)(O)CC3(S)CCC21S. The molecule has 4 saturated carbocycles. The zero-order valence-corrected chi connectivity index (χ0v) is 25.7. The fourth-order valence-electron chi connectivity index (χ4n) is 9.24. The molecule has 1 N–H and O–H groups in total. The van der Waals surface area contributed by atoms with Gasteiger partial charge in [-0.1, -0.05) is 32.4 Å². The fraction of sp³-hybridized carbons (Fsp3) is 0.767. The summed E-state index contributed by atoms with van der Waals surface area (Å²) < 4.78 is 4.45. The molecule has 5 rings (SSSR count). The summed E-state index contributed by atoms with van der Waals surface area (Å²) in [6.45, 7) is 11.0. The summed E-state index contributed by atoms with van der Waals surface area (Å²) >= 11 is 16.4. The molecule has 7 heteroatoms. The first-order valence-corrected chi connectivity index (χ1v) is 15.3. The number of benzene rings is 1. The smallest absolute Gasteiger partial charge is 0.166 e. The third kappa shape index (κ3) is 3.51. The molecular weight excluding hydrogens is 515 g/mol. The van der Waals surface area contributed by atoms with Crippen LogP contribution >= 0.6 is 37.9 Å². The lowest BCUT2D eigenvalue weighted by Crippen LogP contribution is -2.76. The highest BCUT2D eigenvalue weighted by Gasteiger charge is 2.78. The number of fused-ring (bicyclic) bond motifs is 5. The number of ketones is 1. The van der Waals surface area contributed by atoms with Gasteiger partial charge in [-0.15, -0.1) is 0 Å². The molecular formula is C30H43BO3S3. The van der Waals surface area contributed by atoms with Gasteiger partial charge in [0.05, 0.1) is 20.1 Å². The second kappa shape index (κ2) is 8.63. The topological polar surface area (TPSA) is 46.5 Å². The van der Waals surface area contributed by atoms with Gasteiger partial charge in [-0.3, -0.25) is 4.79 Å². The molecule has 2 radical (unpaired) electrons. The molecule has 1 aromatic carbocycles. The Labute approximate surface area is 241 Å². The number of carbonyl (C=O) groups is 1. The second-order valence-electron chi connectivity index (χ2n) is 13.5. The molecule has 3 nitrogen and oxygen atoms in total. The molecule has 0 aliphatic heterocycles. The molecule has 4 fully saturated rings. The zero-order chi connectivity index (χ0) is 27.3. The van der Waals surface area contributed by atoms with E-state index < -0.39 is 20.4 Å². The van der Waals surface area contributed by atoms with E-state index in [-0.39, 0.29) is 27.3 Å². The highest BCUT2D eigenvalue weighted by atomic mass is 32.1. The molecule has 0 aromatic heterocycles. The molecule has 0 spiro atoms. The summed E-state index contributed by atoms with van der Waals surface area (Å²) in [5.74, 6) is 0.774. The van der Waals surface area contributed by atoms with Crippen LogP contribution in [0.2, 0.25) is 5.31 Å². The molecule has 4 aliphatic rings. The maximum Gasteiger partial charge on any atom is 0.166 e. The summed E-state index contributed by atoms with van der Waals surface area (Å²) in [6, 6.07) is 5.83. The Balaban J connectivity index is 1.53. The van der Waals surface area contributed by atoms with Gasteiger partial charge in [0.2, 0.25) is 0 Å². The van der Waals surface area contributed by atoms with Crippen molar-refractivity contribution in [1.82, 2.24) is 0 Å². The van der Waals surface area contributed by atoms with Gasteiger partial charge < -0.3 is 9.84 Å². The first-order chi connectivity index (χ1) is 17.0. The number of hydrogen-bond acceptors (Lipinski definition) is 6. The quantitative estimate of drug-likeness (QED) is 0.186. The van der Waals surface area contributed by atoms with E-state index in [4.69, 9.17) is 50.5 Å². The molecule has 37 heavy (non-hydrogen) atoms. The van der Waals surface area contributed by atoms with Crippen molar-refractivity contribution in [3.8, 4) is 5.75 Å². The number of rotatable bonds is 4. The highest BCUT2D eigenvalue weighted by Crippen LogP contribution is 2.82. The first-order valence-electron chi connectivity index (χ1n) is 14.0. The second-order valence-corrected chi connectivity index (χ2v) is 15.9. The molecule has 0 amide bonds. The summed E-state index contributed by atoms with van der Waals surface area (Å²) in [4.78, 5) is 14.1. The van der Waals surface area contributed by atoms with Gasteiger partial charge >= 0.3 is 0 Å². The summed E-state index contributed by atoms with van der Waals surface area (Å²) in [5, 5.41) is 10.3. The van der Waals surface area contributed by atoms with Crippen molar-refractivity contribution in [2.45, 2.75) is 118 Å². The van der Waals surface area contributed by atoms with Crippen LogP contribution in [0.25, 0.3) is 0 Å². The first kappa shape index (κ1) is 28.3. The van der Waals surface area contributed by atoms with Crippen LogP contribution in [-0.2, 0) is 0 Å². The van der Waals surface area contributed by atoms with Crippen LogP contribution < -0.4 is 4.74 Å². The Morgan fingerprint density at radius 2 is 1.70 bits per heavy atom. The van der Waals surface area contributed by atoms with E-state index >= 15 is 0 Å². The van der Waals surface area contributed by atoms with Crippen LogP contribution in [-0.4, -0.2) is 45.2 Å². The summed E-state index contributed by atoms with van der Waals surface area (Å²) in [5.41, 5.74) is 0.397. The van der Waals surface area contributed by atoms with Gasteiger partial charge in [-0.2, -0.15) is 37.9 Å². The Morgan fingerprint density at radius 1 is 1.03 bits per heavy atom. The Bertz CT molecular complexity index is 1130. The number of ether oxygens (including phenoxy) is 1. The van der Waals surface area contributed by atoms with Crippen LogP contribution in [0.3, 0.4) is 0 Å². The number of Topliss-reactive ketones (excluding diaryl/α,β-unsaturated/α-hetero) is 1. The van der Waals surface area contributed by atoms with Crippen LogP contribution in [0.15, 0.2) is 18.2 Å². The molecule has 0 saturated heterocycles. The van der Waals surface area contributed by atoms with Gasteiger partial charge in [0, 0.05) is 25.7 Å². The largest absolute Gasteiger partial charge is 0.494 e. The Kier molecular flexibility index (Phi) is 6.60. The van der Waals surface area contributed by atoms with E-state index in [9.17, 15) is 9.90 Å². The van der Waals surface area contributed by atoms with Crippen LogP contribution in [0.1, 0.15) is 101 Å². The molecule has 5 unspecified atom stereocenters. The number of carbonyl (C=O) groups excluding carboxylic acids is 1. The fourth-order valence-corrected chi connectivity index (χ4v) is 11.7. The van der Waals surface area contributed by atoms with E-state index in [0.29, 0.717) is 18.6 Å². The van der Waals surface area contributed by atoms with E-state index in [1.54, 1.807) is 0 Å². The zero-order valence-electron chi connectivity index (χ0n) is 23.1. The van der Waals surface area contributed by atoms with Gasteiger partial charge in [0.1, 0.15) is 5.75 Å². The van der Waals surface area contributed by atoms with Crippen LogP contribution in [0.5, 0.6) is 5.75 Å². The molecule has 202 valence electrons. The van der Waals surface area contributed by atoms with Crippen molar-refractivity contribution in [3.63, 3.8) is 0 Å². The molecule has 8 atom stereocenters. The van der Waals surface area contributed by atoms with E-state index in [0.717, 1.165) is 62.7 Å². The minimum Gasteiger partial charge on any atom is -0.494 e. The minimum absolute atomic E-state index is 0.165. The normalized spacial score (nSPS) is 49.1. The van der Waals surface area contributed by atoms with Gasteiger partial charge in [0.15, 0.2) is 5.78 Å². The molecule has 4 aliphatic carbocycles. The number of aliphatic hydroxyl groups is 1. The van der Waals surface area contributed by atoms with Crippen LogP contribution in [0.4, 0.5) is 0 Å². The lowest BCUT2D eigenvalue weighted by atomic mass is 9.34. The van der Waals surface area contributed by atoms with Crippen molar-refractivity contribution < 1.29 is 14.6 Å². The van der Waals surface area contributed by atoms with Gasteiger partial charge in [-0.05, 0) is 99.9 Å². The Morgan fingerprint density at radius 3 is 2.38 bits per heavy atom. The lowest BCUT2D eigenvalue weighted by Gasteiger charge is -2.76. The maximum absolute atomic E-state index is 14.1. The van der Waals surface area contributed by atoms with Crippen molar-refractivity contribution in [1.29, 1.82) is 0 Å². The lowest BCUT2D eigenvalue weighted by molar-refractivity contribution is -0.0977. The van der Waals surface area contributed by atoms with Crippen molar-refractivity contribution in [2.75, 3.05) is 6.61 Å². The summed E-state index contributed by atoms with van der Waals surface area (Å²) in [6.07, 6.45) is 6.99. The number of hydrogen-bond donors (Lipinski definition) is 4. The predicted molar refractivity (Wildman–Crippen MR) is 162 cm³/mol. The predicted octanol–water partition coefficient (Wildman–Crippen LogP) is 6.85. The van der Waals surface area contributed by atoms with Crippen molar-refractivity contribution >= 4 is 51.5 Å². The summed E-state index contributed by atoms with van der Waals surface area (Å²) in [7, 11) is 7.58. The highest BCUT2D eigenvalue weighted by molar-refractivity contribution is 7.87.